The maximum absolute atomic E-state index is 12.5. The van der Waals surface area contributed by atoms with E-state index >= 15 is 0 Å². The minimum atomic E-state index is -0.199. The monoisotopic (exact) mass is 392 g/mol. The zero-order chi connectivity index (χ0) is 19.5. The van der Waals surface area contributed by atoms with Crippen LogP contribution in [0.15, 0.2) is 53.9 Å². The van der Waals surface area contributed by atoms with Gasteiger partial charge >= 0.3 is 6.03 Å². The van der Waals surface area contributed by atoms with Crippen LogP contribution in [0.1, 0.15) is 28.9 Å². The van der Waals surface area contributed by atoms with E-state index in [4.69, 9.17) is 0 Å². The van der Waals surface area contributed by atoms with Gasteiger partial charge in [-0.2, -0.15) is 0 Å². The van der Waals surface area contributed by atoms with Gasteiger partial charge in [-0.05, 0) is 56.2 Å². The molecule has 2 aromatic carbocycles. The summed E-state index contributed by atoms with van der Waals surface area (Å²) in [6.07, 6.45) is 2.09. The summed E-state index contributed by atoms with van der Waals surface area (Å²) in [5.41, 5.74) is 3.90. The highest BCUT2D eigenvalue weighted by Gasteiger charge is 2.23. The largest absolute Gasteiger partial charge is 0.335 e. The van der Waals surface area contributed by atoms with Crippen molar-refractivity contribution in [2.45, 2.75) is 25.8 Å². The van der Waals surface area contributed by atoms with Gasteiger partial charge in [0.1, 0.15) is 5.01 Å². The zero-order valence-corrected chi connectivity index (χ0v) is 16.2. The topological polar surface area (TPSA) is 83.1 Å². The number of amides is 3. The van der Waals surface area contributed by atoms with Gasteiger partial charge in [-0.15, -0.1) is 11.3 Å². The molecule has 3 aromatic rings. The number of hydrogen-bond acceptors (Lipinski definition) is 4. The first kappa shape index (κ1) is 18.2. The van der Waals surface area contributed by atoms with E-state index in [1.165, 1.54) is 0 Å². The smallest absolute Gasteiger partial charge is 0.319 e. The Hall–Kier alpha value is -3.19. The van der Waals surface area contributed by atoms with E-state index in [-0.39, 0.29) is 11.9 Å². The SMILES string of the molecule is Cc1csc(-c2ccc(C(=O)Nc3ccc(NC(=O)NC4CC4)cc3)cc2)n1. The summed E-state index contributed by atoms with van der Waals surface area (Å²) in [5.74, 6) is -0.186. The number of nitrogens with zero attached hydrogens (tertiary/aromatic N) is 1. The van der Waals surface area contributed by atoms with E-state index in [9.17, 15) is 9.59 Å². The van der Waals surface area contributed by atoms with Gasteiger partial charge in [0.2, 0.25) is 0 Å². The van der Waals surface area contributed by atoms with Gasteiger partial charge in [0, 0.05) is 39.6 Å². The van der Waals surface area contributed by atoms with Gasteiger partial charge in [0.15, 0.2) is 0 Å². The Labute approximate surface area is 167 Å². The first-order chi connectivity index (χ1) is 13.6. The molecule has 3 amide bonds. The van der Waals surface area contributed by atoms with E-state index in [0.717, 1.165) is 29.1 Å². The number of carbonyl (C=O) groups is 2. The van der Waals surface area contributed by atoms with E-state index < -0.39 is 0 Å². The summed E-state index contributed by atoms with van der Waals surface area (Å²) in [4.78, 5) is 28.7. The number of aryl methyl sites for hydroxylation is 1. The van der Waals surface area contributed by atoms with Crippen molar-refractivity contribution in [3.05, 3.63) is 65.2 Å². The quantitative estimate of drug-likeness (QED) is 0.591. The molecule has 0 aliphatic heterocycles. The fourth-order valence-corrected chi connectivity index (χ4v) is 3.47. The maximum atomic E-state index is 12.5. The van der Waals surface area contributed by atoms with Crippen molar-refractivity contribution in [3.8, 4) is 10.6 Å². The molecular weight excluding hydrogens is 372 g/mol. The summed E-state index contributed by atoms with van der Waals surface area (Å²) in [7, 11) is 0. The van der Waals surface area contributed by atoms with Crippen LogP contribution in [-0.2, 0) is 0 Å². The minimum Gasteiger partial charge on any atom is -0.335 e. The van der Waals surface area contributed by atoms with Gasteiger partial charge < -0.3 is 16.0 Å². The molecule has 7 heteroatoms. The number of urea groups is 1. The molecule has 0 saturated heterocycles. The Bertz CT molecular complexity index is 992. The fourth-order valence-electron chi connectivity index (χ4n) is 2.67. The molecule has 1 aliphatic carbocycles. The van der Waals surface area contributed by atoms with Gasteiger partial charge in [0.25, 0.3) is 5.91 Å². The molecule has 1 fully saturated rings. The Balaban J connectivity index is 1.35. The highest BCUT2D eigenvalue weighted by atomic mass is 32.1. The maximum Gasteiger partial charge on any atom is 0.319 e. The first-order valence-electron chi connectivity index (χ1n) is 9.08. The molecule has 0 atom stereocenters. The lowest BCUT2D eigenvalue weighted by Gasteiger charge is -2.09. The predicted octanol–water partition coefficient (Wildman–Crippen LogP) is 4.65. The van der Waals surface area contributed by atoms with Crippen LogP contribution in [0.3, 0.4) is 0 Å². The number of benzene rings is 2. The number of hydrogen-bond donors (Lipinski definition) is 3. The molecule has 0 unspecified atom stereocenters. The standard InChI is InChI=1S/C21H20N4O2S/c1-13-12-28-20(22-13)15-4-2-14(3-5-15)19(26)23-16-6-8-17(9-7-16)24-21(27)25-18-10-11-18/h2-9,12,18H,10-11H2,1H3,(H,23,26)(H2,24,25,27). The van der Waals surface area contributed by atoms with Crippen molar-refractivity contribution >= 4 is 34.6 Å². The molecule has 28 heavy (non-hydrogen) atoms. The highest BCUT2D eigenvalue weighted by Crippen LogP contribution is 2.24. The van der Waals surface area contributed by atoms with Crippen molar-refractivity contribution in [2.75, 3.05) is 10.6 Å². The lowest BCUT2D eigenvalue weighted by Crippen LogP contribution is -2.30. The third kappa shape index (κ3) is 4.55. The third-order valence-corrected chi connectivity index (χ3v) is 5.34. The molecule has 6 nitrogen and oxygen atoms in total. The highest BCUT2D eigenvalue weighted by molar-refractivity contribution is 7.13. The van der Waals surface area contributed by atoms with Crippen LogP contribution in [0.5, 0.6) is 0 Å². The molecule has 0 radical (unpaired) electrons. The summed E-state index contributed by atoms with van der Waals surface area (Å²) < 4.78 is 0. The van der Waals surface area contributed by atoms with Crippen LogP contribution in [-0.4, -0.2) is 23.0 Å². The van der Waals surface area contributed by atoms with Crippen LogP contribution in [0, 0.1) is 6.92 Å². The number of anilines is 2. The van der Waals surface area contributed by atoms with Crippen LogP contribution in [0.4, 0.5) is 16.2 Å². The summed E-state index contributed by atoms with van der Waals surface area (Å²) in [6.45, 7) is 1.96. The average molecular weight is 392 g/mol. The lowest BCUT2D eigenvalue weighted by molar-refractivity contribution is 0.102. The summed E-state index contributed by atoms with van der Waals surface area (Å²) in [5, 5.41) is 11.5. The number of thiazole rings is 1. The molecule has 1 aliphatic rings. The third-order valence-electron chi connectivity index (χ3n) is 4.33. The van der Waals surface area contributed by atoms with E-state index in [1.807, 2.05) is 24.4 Å². The van der Waals surface area contributed by atoms with Gasteiger partial charge in [-0.3, -0.25) is 4.79 Å². The molecule has 3 N–H and O–H groups in total. The molecule has 1 heterocycles. The Morgan fingerprint density at radius 2 is 1.61 bits per heavy atom. The molecule has 1 saturated carbocycles. The molecule has 4 rings (SSSR count). The molecule has 0 spiro atoms. The average Bonchev–Trinajstić information content (AvgIpc) is 3.40. The Morgan fingerprint density at radius 3 is 2.18 bits per heavy atom. The molecule has 0 bridgehead atoms. The summed E-state index contributed by atoms with van der Waals surface area (Å²) >= 11 is 1.59. The fraction of sp³-hybridized carbons (Fsp3) is 0.190. The van der Waals surface area contributed by atoms with Gasteiger partial charge in [0.05, 0.1) is 0 Å². The second kappa shape index (κ2) is 7.82. The van der Waals surface area contributed by atoms with E-state index in [0.29, 0.717) is 23.0 Å². The van der Waals surface area contributed by atoms with Crippen LogP contribution in [0.25, 0.3) is 10.6 Å². The molecule has 1 aromatic heterocycles. The van der Waals surface area contributed by atoms with Crippen molar-refractivity contribution in [1.82, 2.24) is 10.3 Å². The minimum absolute atomic E-state index is 0.186. The lowest BCUT2D eigenvalue weighted by atomic mass is 10.1. The number of nitrogens with one attached hydrogen (secondary N) is 3. The number of rotatable bonds is 5. The van der Waals surface area contributed by atoms with Crippen LogP contribution in [0.2, 0.25) is 0 Å². The first-order valence-corrected chi connectivity index (χ1v) is 9.96. The molecular formula is C21H20N4O2S. The Kier molecular flexibility index (Phi) is 5.08. The predicted molar refractivity (Wildman–Crippen MR) is 112 cm³/mol. The van der Waals surface area contributed by atoms with Crippen molar-refractivity contribution < 1.29 is 9.59 Å². The van der Waals surface area contributed by atoms with Crippen molar-refractivity contribution in [2.24, 2.45) is 0 Å². The number of carbonyl (C=O) groups excluding carboxylic acids is 2. The summed E-state index contributed by atoms with van der Waals surface area (Å²) in [6, 6.07) is 14.5. The van der Waals surface area contributed by atoms with Gasteiger partial charge in [-0.1, -0.05) is 12.1 Å². The van der Waals surface area contributed by atoms with Crippen LogP contribution >= 0.6 is 11.3 Å². The number of aromatic nitrogens is 1. The Morgan fingerprint density at radius 1 is 0.964 bits per heavy atom. The van der Waals surface area contributed by atoms with E-state index in [2.05, 4.69) is 20.9 Å². The second-order valence-electron chi connectivity index (χ2n) is 6.78. The second-order valence-corrected chi connectivity index (χ2v) is 7.63. The van der Waals surface area contributed by atoms with E-state index in [1.54, 1.807) is 47.7 Å². The molecule has 142 valence electrons. The van der Waals surface area contributed by atoms with Crippen molar-refractivity contribution in [3.63, 3.8) is 0 Å². The van der Waals surface area contributed by atoms with Gasteiger partial charge in [-0.25, -0.2) is 9.78 Å². The van der Waals surface area contributed by atoms with Crippen LogP contribution < -0.4 is 16.0 Å². The zero-order valence-electron chi connectivity index (χ0n) is 15.4. The normalized spacial score (nSPS) is 13.0. The van der Waals surface area contributed by atoms with Crippen molar-refractivity contribution in [1.29, 1.82) is 0 Å².